The summed E-state index contributed by atoms with van der Waals surface area (Å²) in [5, 5.41) is 0.463. The monoisotopic (exact) mass is 290 g/mol. The van der Waals surface area contributed by atoms with Gasteiger partial charge in [0, 0.05) is 11.3 Å². The summed E-state index contributed by atoms with van der Waals surface area (Å²) in [4.78, 5) is 0. The van der Waals surface area contributed by atoms with E-state index >= 15 is 0 Å². The molecule has 2 saturated carbocycles. The molecule has 0 radical (unpaired) electrons. The zero-order chi connectivity index (χ0) is 12.0. The molecular weight excluding hydrogens is 275 g/mol. The van der Waals surface area contributed by atoms with Crippen LogP contribution in [0.2, 0.25) is 0 Å². The van der Waals surface area contributed by atoms with Crippen molar-refractivity contribution in [1.29, 1.82) is 0 Å². The van der Waals surface area contributed by atoms with Crippen LogP contribution in [-0.2, 0) is 0 Å². The summed E-state index contributed by atoms with van der Waals surface area (Å²) < 4.78 is -0.431. The van der Waals surface area contributed by atoms with Crippen LogP contribution in [0.3, 0.4) is 0 Å². The van der Waals surface area contributed by atoms with Crippen LogP contribution in [-0.4, -0.2) is 9.71 Å². The van der Waals surface area contributed by atoms with E-state index in [-0.39, 0.29) is 0 Å². The molecule has 0 aromatic carbocycles. The first-order valence-electron chi connectivity index (χ1n) is 6.43. The molecule has 5 atom stereocenters. The summed E-state index contributed by atoms with van der Waals surface area (Å²) in [6, 6.07) is 0. The minimum Gasteiger partial charge on any atom is -0.122 e. The van der Waals surface area contributed by atoms with Crippen molar-refractivity contribution in [3.05, 3.63) is 24.3 Å². The first-order valence-corrected chi connectivity index (χ1v) is 7.62. The summed E-state index contributed by atoms with van der Waals surface area (Å²) in [7, 11) is 0. The highest BCUT2D eigenvalue weighted by molar-refractivity contribution is 6.49. The molecule has 5 unspecified atom stereocenters. The lowest BCUT2D eigenvalue weighted by Crippen LogP contribution is -2.17. The van der Waals surface area contributed by atoms with Gasteiger partial charge < -0.3 is 0 Å². The molecule has 0 saturated heterocycles. The Hall–Kier alpha value is 0.350. The van der Waals surface area contributed by atoms with Gasteiger partial charge in [0.05, 0.1) is 0 Å². The Morgan fingerprint density at radius 3 is 1.88 bits per heavy atom. The lowest BCUT2D eigenvalue weighted by molar-refractivity contribution is 0.652. The highest BCUT2D eigenvalue weighted by Gasteiger charge is 2.45. The molecule has 94 valence electrons. The van der Waals surface area contributed by atoms with Crippen LogP contribution in [0.4, 0.5) is 0 Å². The Morgan fingerprint density at radius 1 is 0.882 bits per heavy atom. The zero-order valence-electron chi connectivity index (χ0n) is 9.66. The third-order valence-corrected chi connectivity index (χ3v) is 5.82. The normalized spacial score (nSPS) is 47.4. The van der Waals surface area contributed by atoms with Crippen molar-refractivity contribution in [1.82, 2.24) is 0 Å². The minimum atomic E-state index is -0.431. The number of fused-ring (bicyclic) bond motifs is 4. The second-order valence-electron chi connectivity index (χ2n) is 5.75. The summed E-state index contributed by atoms with van der Waals surface area (Å²) in [5.74, 6) is 2.67. The fraction of sp³-hybridized carbons (Fsp3) is 0.714. The Bertz CT molecular complexity index is 358. The average Bonchev–Trinajstić information content (AvgIpc) is 2.94. The van der Waals surface area contributed by atoms with E-state index in [1.807, 2.05) is 0 Å². The van der Waals surface area contributed by atoms with Crippen molar-refractivity contribution in [3.63, 3.8) is 0 Å². The van der Waals surface area contributed by atoms with Gasteiger partial charge in [0.2, 0.25) is 0 Å². The standard InChI is InChI=1S/C7H8Cl2.C7H9Cl/c8-7(9)4-5-1-2-6(7)3-5;8-7-4-5-1-2-6(7)3-5/h1-2,5-6H,3-4H2;1-2,5-7H,3-4H2. The molecule has 0 aliphatic heterocycles. The molecule has 0 aromatic rings. The van der Waals surface area contributed by atoms with E-state index in [0.29, 0.717) is 17.2 Å². The van der Waals surface area contributed by atoms with Gasteiger partial charge in [-0.1, -0.05) is 24.3 Å². The minimum absolute atomic E-state index is 0.431. The van der Waals surface area contributed by atoms with Gasteiger partial charge in [-0.15, -0.1) is 34.8 Å². The highest BCUT2D eigenvalue weighted by atomic mass is 35.5. The van der Waals surface area contributed by atoms with E-state index in [2.05, 4.69) is 24.3 Å². The van der Waals surface area contributed by atoms with Crippen molar-refractivity contribution in [2.24, 2.45) is 23.7 Å². The molecule has 4 aliphatic rings. The Kier molecular flexibility index (Phi) is 3.26. The second-order valence-corrected chi connectivity index (χ2v) is 7.85. The summed E-state index contributed by atoms with van der Waals surface area (Å²) >= 11 is 17.9. The fourth-order valence-corrected chi connectivity index (χ4v) is 4.59. The largest absolute Gasteiger partial charge is 0.125 e. The van der Waals surface area contributed by atoms with Crippen LogP contribution < -0.4 is 0 Å². The van der Waals surface area contributed by atoms with Crippen molar-refractivity contribution >= 4 is 34.8 Å². The van der Waals surface area contributed by atoms with Crippen LogP contribution in [0.5, 0.6) is 0 Å². The molecule has 0 amide bonds. The summed E-state index contributed by atoms with van der Waals surface area (Å²) in [5.41, 5.74) is 0. The van der Waals surface area contributed by atoms with Crippen LogP contribution in [0.15, 0.2) is 24.3 Å². The van der Waals surface area contributed by atoms with E-state index in [4.69, 9.17) is 34.8 Å². The molecule has 2 fully saturated rings. The van der Waals surface area contributed by atoms with Gasteiger partial charge in [-0.2, -0.15) is 0 Å². The molecule has 4 aliphatic carbocycles. The lowest BCUT2D eigenvalue weighted by atomic mass is 10.1. The van der Waals surface area contributed by atoms with Gasteiger partial charge in [-0.3, -0.25) is 0 Å². The van der Waals surface area contributed by atoms with Crippen molar-refractivity contribution in [2.45, 2.75) is 35.4 Å². The number of halogens is 3. The predicted molar refractivity (Wildman–Crippen MR) is 74.8 cm³/mol. The smallest absolute Gasteiger partial charge is 0.122 e. The van der Waals surface area contributed by atoms with Gasteiger partial charge in [-0.05, 0) is 43.4 Å². The average molecular weight is 292 g/mol. The van der Waals surface area contributed by atoms with Gasteiger partial charge >= 0.3 is 0 Å². The first-order chi connectivity index (χ1) is 8.04. The molecule has 4 bridgehead atoms. The van der Waals surface area contributed by atoms with Crippen molar-refractivity contribution in [3.8, 4) is 0 Å². The molecular formula is C14H17Cl3. The molecule has 0 spiro atoms. The second kappa shape index (κ2) is 4.47. The molecule has 0 nitrogen and oxygen atoms in total. The zero-order valence-corrected chi connectivity index (χ0v) is 11.9. The third kappa shape index (κ3) is 2.41. The maximum atomic E-state index is 5.98. The highest BCUT2D eigenvalue weighted by Crippen LogP contribution is 2.52. The Balaban J connectivity index is 0.000000107. The van der Waals surface area contributed by atoms with E-state index in [1.54, 1.807) is 0 Å². The number of alkyl halides is 3. The third-order valence-electron chi connectivity index (χ3n) is 4.45. The Labute approximate surface area is 118 Å². The number of allylic oxidation sites excluding steroid dienone is 4. The lowest BCUT2D eigenvalue weighted by Gasteiger charge is -2.19. The number of rotatable bonds is 0. The van der Waals surface area contributed by atoms with Crippen LogP contribution >= 0.6 is 34.8 Å². The van der Waals surface area contributed by atoms with Gasteiger partial charge in [0.15, 0.2) is 0 Å². The first kappa shape index (κ1) is 12.4. The van der Waals surface area contributed by atoms with E-state index in [1.165, 1.54) is 19.3 Å². The molecule has 0 heterocycles. The predicted octanol–water partition coefficient (Wildman–Crippen LogP) is 4.95. The number of hydrogen-bond acceptors (Lipinski definition) is 0. The molecule has 17 heavy (non-hydrogen) atoms. The SMILES string of the molecule is ClC1(Cl)CC2C=CC1C2.ClC1CC2C=CC1C2. The molecule has 0 N–H and O–H groups in total. The Morgan fingerprint density at radius 2 is 1.65 bits per heavy atom. The van der Waals surface area contributed by atoms with Crippen LogP contribution in [0.25, 0.3) is 0 Å². The van der Waals surface area contributed by atoms with Gasteiger partial charge in [-0.25, -0.2) is 0 Å². The maximum absolute atomic E-state index is 5.98. The van der Waals surface area contributed by atoms with Crippen LogP contribution in [0, 0.1) is 23.7 Å². The van der Waals surface area contributed by atoms with E-state index in [0.717, 1.165) is 18.3 Å². The topological polar surface area (TPSA) is 0 Å². The van der Waals surface area contributed by atoms with E-state index < -0.39 is 4.33 Å². The number of hydrogen-bond donors (Lipinski definition) is 0. The summed E-state index contributed by atoms with van der Waals surface area (Å²) in [6.45, 7) is 0. The van der Waals surface area contributed by atoms with Crippen molar-refractivity contribution in [2.75, 3.05) is 0 Å². The maximum Gasteiger partial charge on any atom is 0.125 e. The van der Waals surface area contributed by atoms with Crippen LogP contribution in [0.1, 0.15) is 25.7 Å². The van der Waals surface area contributed by atoms with E-state index in [9.17, 15) is 0 Å². The quantitative estimate of drug-likeness (QED) is 0.438. The molecule has 3 heteroatoms. The van der Waals surface area contributed by atoms with Gasteiger partial charge in [0.25, 0.3) is 0 Å². The molecule has 0 aromatic heterocycles. The van der Waals surface area contributed by atoms with Crippen molar-refractivity contribution < 1.29 is 0 Å². The summed E-state index contributed by atoms with van der Waals surface area (Å²) in [6.07, 6.45) is 13.6. The molecule has 4 rings (SSSR count). The fourth-order valence-electron chi connectivity index (χ4n) is 3.45. The van der Waals surface area contributed by atoms with Gasteiger partial charge in [0.1, 0.15) is 4.33 Å².